The van der Waals surface area contributed by atoms with E-state index in [9.17, 15) is 0 Å². The van der Waals surface area contributed by atoms with Gasteiger partial charge in [-0.15, -0.1) is 0 Å². The molecule has 8 heavy (non-hydrogen) atoms. The molecule has 1 saturated carbocycles. The van der Waals surface area contributed by atoms with Gasteiger partial charge in [0, 0.05) is 0 Å². The summed E-state index contributed by atoms with van der Waals surface area (Å²) in [6.45, 7) is 2.33. The van der Waals surface area contributed by atoms with Crippen LogP contribution in [0.4, 0.5) is 0 Å². The van der Waals surface area contributed by atoms with E-state index in [0.29, 0.717) is 27.0 Å². The van der Waals surface area contributed by atoms with E-state index in [2.05, 4.69) is 15.4 Å². The molecule has 0 radical (unpaired) electrons. The molecule has 0 amide bonds. The van der Waals surface area contributed by atoms with Crippen LogP contribution in [0.5, 0.6) is 0 Å². The second-order valence-electron chi connectivity index (χ2n) is 2.70. The Hall–Kier alpha value is 0.690. The Morgan fingerprint density at radius 1 is 1.50 bits per heavy atom. The van der Waals surface area contributed by atoms with Crippen molar-refractivity contribution in [1.82, 2.24) is 3.53 Å². The Balaban J connectivity index is 2.20. The van der Waals surface area contributed by atoms with Crippen molar-refractivity contribution in [2.75, 3.05) is 4.93 Å². The first-order chi connectivity index (χ1) is 3.77. The fourth-order valence-corrected chi connectivity index (χ4v) is 2.87. The monoisotopic (exact) mass is 226 g/mol. The Morgan fingerprint density at radius 2 is 2.12 bits per heavy atom. The molecule has 1 fully saturated rings. The standard InChI is InChI=1S/C6H13IN/c1-6(8-7-2)4-3-5-6/h8H,3-5H2,1-2H3/q-1. The van der Waals surface area contributed by atoms with Crippen LogP contribution in [-0.2, 0) is 0 Å². The van der Waals surface area contributed by atoms with Crippen LogP contribution < -0.4 is 25.0 Å². The molecule has 0 bridgehead atoms. The van der Waals surface area contributed by atoms with E-state index in [1.165, 1.54) is 19.3 Å². The summed E-state index contributed by atoms with van der Waals surface area (Å²) >= 11 is 0.313. The molecular formula is C6H13IN-. The van der Waals surface area contributed by atoms with Gasteiger partial charge in [-0.2, -0.15) is 0 Å². The van der Waals surface area contributed by atoms with E-state index in [1.54, 1.807) is 0 Å². The van der Waals surface area contributed by atoms with Crippen molar-refractivity contribution in [3.05, 3.63) is 0 Å². The Kier molecular flexibility index (Phi) is 2.14. The van der Waals surface area contributed by atoms with Crippen LogP contribution in [0.15, 0.2) is 0 Å². The van der Waals surface area contributed by atoms with E-state index >= 15 is 0 Å². The Labute approximate surface area is 61.9 Å². The number of hydrogen-bond acceptors (Lipinski definition) is 1. The molecular weight excluding hydrogens is 213 g/mol. The summed E-state index contributed by atoms with van der Waals surface area (Å²) in [6.07, 6.45) is 4.24. The van der Waals surface area contributed by atoms with Gasteiger partial charge in [0.25, 0.3) is 0 Å². The molecule has 1 aliphatic carbocycles. The van der Waals surface area contributed by atoms with Gasteiger partial charge in [-0.25, -0.2) is 0 Å². The van der Waals surface area contributed by atoms with E-state index in [-0.39, 0.29) is 0 Å². The third-order valence-electron chi connectivity index (χ3n) is 1.78. The molecule has 0 aromatic rings. The molecule has 1 aliphatic rings. The maximum atomic E-state index is 3.57. The Morgan fingerprint density at radius 3 is 2.25 bits per heavy atom. The van der Waals surface area contributed by atoms with E-state index in [1.807, 2.05) is 0 Å². The van der Waals surface area contributed by atoms with Crippen molar-refractivity contribution in [2.24, 2.45) is 0 Å². The van der Waals surface area contributed by atoms with Crippen LogP contribution in [0.2, 0.25) is 0 Å². The molecule has 0 aromatic heterocycles. The maximum absolute atomic E-state index is 3.57. The fraction of sp³-hybridized carbons (Fsp3) is 1.00. The first-order valence-corrected chi connectivity index (χ1v) is 6.26. The van der Waals surface area contributed by atoms with Gasteiger partial charge in [0.1, 0.15) is 0 Å². The number of alkyl halides is 1. The van der Waals surface area contributed by atoms with Gasteiger partial charge in [0.05, 0.1) is 0 Å². The van der Waals surface area contributed by atoms with Crippen molar-refractivity contribution < 1.29 is 21.5 Å². The van der Waals surface area contributed by atoms with Crippen molar-refractivity contribution in [1.29, 1.82) is 0 Å². The third kappa shape index (κ3) is 1.35. The summed E-state index contributed by atoms with van der Waals surface area (Å²) in [6, 6.07) is 0. The van der Waals surface area contributed by atoms with Gasteiger partial charge in [0.15, 0.2) is 0 Å². The first-order valence-electron chi connectivity index (χ1n) is 3.02. The van der Waals surface area contributed by atoms with Crippen LogP contribution in [-0.4, -0.2) is 10.5 Å². The zero-order valence-electron chi connectivity index (χ0n) is 5.50. The van der Waals surface area contributed by atoms with Crippen molar-refractivity contribution in [2.45, 2.75) is 31.7 Å². The summed E-state index contributed by atoms with van der Waals surface area (Å²) in [5.41, 5.74) is 0.571. The molecule has 1 nitrogen and oxygen atoms in total. The zero-order chi connectivity index (χ0) is 6.04. The first kappa shape index (κ1) is 6.81. The zero-order valence-corrected chi connectivity index (χ0v) is 7.66. The molecule has 2 heteroatoms. The molecule has 0 aromatic carbocycles. The number of halogens is 1. The molecule has 0 unspecified atom stereocenters. The molecule has 0 atom stereocenters. The van der Waals surface area contributed by atoms with E-state index < -0.39 is 0 Å². The molecule has 1 rings (SSSR count). The average Bonchev–Trinajstić information content (AvgIpc) is 1.64. The van der Waals surface area contributed by atoms with Crippen molar-refractivity contribution in [3.8, 4) is 0 Å². The Bertz CT molecular complexity index is 78.6. The van der Waals surface area contributed by atoms with Crippen molar-refractivity contribution in [3.63, 3.8) is 0 Å². The van der Waals surface area contributed by atoms with Gasteiger partial charge in [-0.05, 0) is 0 Å². The van der Waals surface area contributed by atoms with E-state index in [4.69, 9.17) is 0 Å². The van der Waals surface area contributed by atoms with Gasteiger partial charge < -0.3 is 0 Å². The second-order valence-corrected chi connectivity index (χ2v) is 4.32. The summed E-state index contributed by atoms with van der Waals surface area (Å²) in [5.74, 6) is 0. The summed E-state index contributed by atoms with van der Waals surface area (Å²) in [7, 11) is 0. The quantitative estimate of drug-likeness (QED) is 0.331. The normalized spacial score (nSPS) is 25.2. The molecule has 0 aliphatic heterocycles. The third-order valence-corrected chi connectivity index (χ3v) is 3.62. The predicted molar refractivity (Wildman–Crippen MR) is 31.3 cm³/mol. The number of hydrogen-bond donors (Lipinski definition) is 1. The predicted octanol–water partition coefficient (Wildman–Crippen LogP) is -1.85. The summed E-state index contributed by atoms with van der Waals surface area (Å²) in [4.78, 5) is 2.28. The minimum atomic E-state index is 0.313. The van der Waals surface area contributed by atoms with Crippen molar-refractivity contribution >= 4 is 0 Å². The van der Waals surface area contributed by atoms with Crippen LogP contribution in [0.3, 0.4) is 0 Å². The number of rotatable bonds is 2. The van der Waals surface area contributed by atoms with Crippen LogP contribution in [0.25, 0.3) is 0 Å². The van der Waals surface area contributed by atoms with Crippen LogP contribution >= 0.6 is 0 Å². The minimum absolute atomic E-state index is 0.313. The van der Waals surface area contributed by atoms with Gasteiger partial charge in [-0.3, -0.25) is 0 Å². The van der Waals surface area contributed by atoms with Gasteiger partial charge in [0.2, 0.25) is 0 Å². The SMILES string of the molecule is C[I-]NC1(C)CCC1. The molecule has 0 spiro atoms. The summed E-state index contributed by atoms with van der Waals surface area (Å²) in [5, 5.41) is 0. The topological polar surface area (TPSA) is 12.0 Å². The second kappa shape index (κ2) is 2.52. The van der Waals surface area contributed by atoms with Gasteiger partial charge in [-0.1, -0.05) is 0 Å². The summed E-state index contributed by atoms with van der Waals surface area (Å²) < 4.78 is 3.57. The fourth-order valence-electron chi connectivity index (χ4n) is 1.03. The molecule has 50 valence electrons. The van der Waals surface area contributed by atoms with Crippen LogP contribution in [0.1, 0.15) is 26.2 Å². The molecule has 0 heterocycles. The molecule has 0 saturated heterocycles. The van der Waals surface area contributed by atoms with Crippen LogP contribution in [0, 0.1) is 0 Å². The van der Waals surface area contributed by atoms with Gasteiger partial charge >= 0.3 is 61.7 Å². The van der Waals surface area contributed by atoms with E-state index in [0.717, 1.165) is 0 Å². The number of nitrogens with one attached hydrogen (secondary N) is 1. The molecule has 1 N–H and O–H groups in total. The average molecular weight is 226 g/mol.